The summed E-state index contributed by atoms with van der Waals surface area (Å²) < 4.78 is 0. The molecule has 1 N–H and O–H groups in total. The van der Waals surface area contributed by atoms with Crippen LogP contribution in [0.1, 0.15) is 0 Å². The standard InChI is InChI=1S/C15H10N6O6S/c22-19(23)11-8-12(20(24)25)14(13(9-11)21(26)27)18(10-4-2-1-3-5-10)17-15-16-6-7-28-15/h1-9H,(H,16,17). The lowest BCUT2D eigenvalue weighted by atomic mass is 10.2. The van der Waals surface area contributed by atoms with E-state index in [0.717, 1.165) is 5.01 Å². The molecular weight excluding hydrogens is 392 g/mol. The van der Waals surface area contributed by atoms with Gasteiger partial charge in [0.05, 0.1) is 32.6 Å². The van der Waals surface area contributed by atoms with Gasteiger partial charge in [0.2, 0.25) is 10.8 Å². The van der Waals surface area contributed by atoms with E-state index in [4.69, 9.17) is 0 Å². The number of hydrogen-bond donors (Lipinski definition) is 1. The Morgan fingerprint density at radius 2 is 1.54 bits per heavy atom. The van der Waals surface area contributed by atoms with Crippen molar-refractivity contribution in [1.82, 2.24) is 4.98 Å². The van der Waals surface area contributed by atoms with Crippen LogP contribution in [0, 0.1) is 30.3 Å². The molecule has 0 aliphatic rings. The van der Waals surface area contributed by atoms with Crippen molar-refractivity contribution in [3.8, 4) is 0 Å². The lowest BCUT2D eigenvalue weighted by molar-refractivity contribution is -0.402. The number of thiazole rings is 1. The van der Waals surface area contributed by atoms with Crippen LogP contribution in [0.15, 0.2) is 54.0 Å². The summed E-state index contributed by atoms with van der Waals surface area (Å²) in [5, 5.41) is 37.3. The van der Waals surface area contributed by atoms with Gasteiger partial charge in [-0.3, -0.25) is 35.8 Å². The van der Waals surface area contributed by atoms with Crippen LogP contribution in [0.25, 0.3) is 0 Å². The molecule has 0 amide bonds. The first-order valence-electron chi connectivity index (χ1n) is 7.51. The molecule has 142 valence electrons. The molecule has 28 heavy (non-hydrogen) atoms. The van der Waals surface area contributed by atoms with Crippen LogP contribution in [-0.2, 0) is 0 Å². The maximum absolute atomic E-state index is 11.6. The second kappa shape index (κ2) is 7.63. The fourth-order valence-corrected chi connectivity index (χ4v) is 2.92. The van der Waals surface area contributed by atoms with E-state index in [2.05, 4.69) is 10.4 Å². The molecule has 1 heterocycles. The highest BCUT2D eigenvalue weighted by Crippen LogP contribution is 2.43. The van der Waals surface area contributed by atoms with Gasteiger partial charge in [-0.2, -0.15) is 0 Å². The molecule has 0 aliphatic carbocycles. The normalized spacial score (nSPS) is 10.3. The number of anilines is 3. The monoisotopic (exact) mass is 402 g/mol. The van der Waals surface area contributed by atoms with Crippen LogP contribution >= 0.6 is 11.3 Å². The van der Waals surface area contributed by atoms with Crippen molar-refractivity contribution in [2.24, 2.45) is 0 Å². The molecule has 13 heteroatoms. The van der Waals surface area contributed by atoms with Crippen LogP contribution in [0.5, 0.6) is 0 Å². The van der Waals surface area contributed by atoms with E-state index in [-0.39, 0.29) is 0 Å². The summed E-state index contributed by atoms with van der Waals surface area (Å²) in [5.41, 5.74) is 0.313. The Labute approximate surface area is 160 Å². The Balaban J connectivity index is 2.30. The first-order chi connectivity index (χ1) is 13.4. The second-order valence-electron chi connectivity index (χ2n) is 5.22. The summed E-state index contributed by atoms with van der Waals surface area (Å²) in [6, 6.07) is 9.46. The summed E-state index contributed by atoms with van der Waals surface area (Å²) >= 11 is 1.17. The average molecular weight is 402 g/mol. The summed E-state index contributed by atoms with van der Waals surface area (Å²) in [4.78, 5) is 35.6. The number of para-hydroxylation sites is 1. The minimum absolute atomic E-state index is 0.311. The smallest absolute Gasteiger partial charge is 0.268 e. The molecule has 0 saturated carbocycles. The van der Waals surface area contributed by atoms with E-state index in [1.54, 1.807) is 35.7 Å². The predicted octanol–water partition coefficient (Wildman–Crippen LogP) is 4.03. The lowest BCUT2D eigenvalue weighted by Gasteiger charge is -2.24. The molecule has 0 aliphatic heterocycles. The molecule has 0 fully saturated rings. The second-order valence-corrected chi connectivity index (χ2v) is 6.12. The quantitative estimate of drug-likeness (QED) is 0.455. The SMILES string of the molecule is O=[N+]([O-])c1cc([N+](=O)[O-])c(N(Nc2nccs2)c2ccccc2)c([N+](=O)[O-])c1. The van der Waals surface area contributed by atoms with Crippen molar-refractivity contribution in [3.05, 3.63) is 84.4 Å². The fourth-order valence-electron chi connectivity index (χ4n) is 2.40. The highest BCUT2D eigenvalue weighted by Gasteiger charge is 2.35. The highest BCUT2D eigenvalue weighted by molar-refractivity contribution is 7.13. The number of nitrogens with one attached hydrogen (secondary N) is 1. The van der Waals surface area contributed by atoms with Gasteiger partial charge in [-0.1, -0.05) is 18.2 Å². The first kappa shape index (κ1) is 18.7. The zero-order chi connectivity index (χ0) is 20.3. The van der Waals surface area contributed by atoms with Crippen LogP contribution in [-0.4, -0.2) is 19.8 Å². The molecule has 1 aromatic heterocycles. The minimum Gasteiger partial charge on any atom is -0.268 e. The Morgan fingerprint density at radius 1 is 0.929 bits per heavy atom. The minimum atomic E-state index is -0.926. The van der Waals surface area contributed by atoms with E-state index in [1.807, 2.05) is 0 Å². The van der Waals surface area contributed by atoms with Crippen molar-refractivity contribution in [2.45, 2.75) is 0 Å². The number of benzene rings is 2. The van der Waals surface area contributed by atoms with Gasteiger partial charge >= 0.3 is 11.4 Å². The first-order valence-corrected chi connectivity index (χ1v) is 8.39. The number of aromatic nitrogens is 1. The average Bonchev–Trinajstić information content (AvgIpc) is 3.19. The van der Waals surface area contributed by atoms with Crippen molar-refractivity contribution in [1.29, 1.82) is 0 Å². The van der Waals surface area contributed by atoms with Gasteiger partial charge < -0.3 is 0 Å². The lowest BCUT2D eigenvalue weighted by Crippen LogP contribution is -2.26. The van der Waals surface area contributed by atoms with Crippen LogP contribution < -0.4 is 10.4 Å². The summed E-state index contributed by atoms with van der Waals surface area (Å²) in [5.74, 6) is 0. The molecule has 2 aromatic carbocycles. The molecular formula is C15H10N6O6S. The van der Waals surface area contributed by atoms with Crippen molar-refractivity contribution < 1.29 is 14.8 Å². The number of hydrazine groups is 1. The van der Waals surface area contributed by atoms with Gasteiger partial charge in [-0.15, -0.1) is 11.3 Å². The van der Waals surface area contributed by atoms with Gasteiger partial charge in [0.1, 0.15) is 0 Å². The summed E-state index contributed by atoms with van der Waals surface area (Å²) in [7, 11) is 0. The maximum Gasteiger partial charge on any atom is 0.308 e. The third-order valence-electron chi connectivity index (χ3n) is 3.54. The van der Waals surface area contributed by atoms with Crippen molar-refractivity contribution in [3.63, 3.8) is 0 Å². The van der Waals surface area contributed by atoms with Crippen molar-refractivity contribution in [2.75, 3.05) is 10.4 Å². The fraction of sp³-hybridized carbons (Fsp3) is 0. The van der Waals surface area contributed by atoms with E-state index in [0.29, 0.717) is 23.0 Å². The predicted molar refractivity (Wildman–Crippen MR) is 101 cm³/mol. The summed E-state index contributed by atoms with van der Waals surface area (Å²) in [6.45, 7) is 0. The maximum atomic E-state index is 11.6. The highest BCUT2D eigenvalue weighted by atomic mass is 32.1. The molecule has 3 rings (SSSR count). The van der Waals surface area contributed by atoms with Gasteiger partial charge in [-0.05, 0) is 12.1 Å². The molecule has 0 spiro atoms. The number of hydrogen-bond acceptors (Lipinski definition) is 10. The largest absolute Gasteiger partial charge is 0.308 e. The molecule has 12 nitrogen and oxygen atoms in total. The van der Waals surface area contributed by atoms with Gasteiger partial charge in [-0.25, -0.2) is 9.99 Å². The Kier molecular flexibility index (Phi) is 5.08. The van der Waals surface area contributed by atoms with Crippen LogP contribution in [0.3, 0.4) is 0 Å². The molecule has 0 radical (unpaired) electrons. The molecule has 0 unspecified atom stereocenters. The van der Waals surface area contributed by atoms with E-state index in [9.17, 15) is 30.3 Å². The number of non-ortho nitro benzene ring substituents is 1. The molecule has 0 saturated heterocycles. The zero-order valence-electron chi connectivity index (χ0n) is 13.8. The van der Waals surface area contributed by atoms with Gasteiger partial charge in [0.25, 0.3) is 5.69 Å². The Bertz CT molecular complexity index is 1010. The molecule has 0 atom stereocenters. The zero-order valence-corrected chi connectivity index (χ0v) is 14.6. The van der Waals surface area contributed by atoms with E-state index < -0.39 is 37.5 Å². The number of rotatable bonds is 7. The van der Waals surface area contributed by atoms with Gasteiger partial charge in [0.15, 0.2) is 0 Å². The third kappa shape index (κ3) is 3.68. The third-order valence-corrected chi connectivity index (χ3v) is 4.21. The molecule has 3 aromatic rings. The summed E-state index contributed by atoms with van der Waals surface area (Å²) in [6.07, 6.45) is 1.48. The number of nitro groups is 3. The number of nitro benzene ring substituents is 3. The number of nitrogens with zero attached hydrogens (tertiary/aromatic N) is 5. The Hall–Kier alpha value is -4.13. The van der Waals surface area contributed by atoms with Gasteiger partial charge in [0, 0.05) is 11.6 Å². The van der Waals surface area contributed by atoms with E-state index in [1.165, 1.54) is 17.5 Å². The Morgan fingerprint density at radius 3 is 2.00 bits per heavy atom. The molecule has 0 bridgehead atoms. The van der Waals surface area contributed by atoms with E-state index >= 15 is 0 Å². The van der Waals surface area contributed by atoms with Crippen molar-refractivity contribution >= 4 is 44.9 Å². The topological polar surface area (TPSA) is 158 Å². The van der Waals surface area contributed by atoms with Crippen LogP contribution in [0.2, 0.25) is 0 Å². The van der Waals surface area contributed by atoms with Crippen LogP contribution in [0.4, 0.5) is 33.6 Å².